The normalized spacial score (nSPS) is 14.9. The number of nitrogens with two attached hydrogens (primary N) is 1. The van der Waals surface area contributed by atoms with Gasteiger partial charge in [-0.25, -0.2) is 4.98 Å². The molecule has 0 bridgehead atoms. The Balaban J connectivity index is 2.69. The van der Waals surface area contributed by atoms with Crippen molar-refractivity contribution in [2.45, 2.75) is 32.6 Å². The lowest BCUT2D eigenvalue weighted by atomic mass is 9.85. The Morgan fingerprint density at radius 2 is 2.18 bits per heavy atom. The third kappa shape index (κ3) is 4.56. The van der Waals surface area contributed by atoms with Gasteiger partial charge in [-0.1, -0.05) is 19.9 Å². The molecule has 0 fully saturated rings. The molecule has 0 radical (unpaired) electrons. The lowest BCUT2D eigenvalue weighted by Crippen LogP contribution is -2.12. The van der Waals surface area contributed by atoms with Gasteiger partial charge >= 0.3 is 0 Å². The van der Waals surface area contributed by atoms with Crippen LogP contribution >= 0.6 is 0 Å². The highest BCUT2D eigenvalue weighted by Gasteiger charge is 2.19. The Morgan fingerprint density at radius 3 is 2.71 bits per heavy atom. The molecule has 96 valence electrons. The van der Waals surface area contributed by atoms with Crippen LogP contribution in [0.4, 0.5) is 5.82 Å². The van der Waals surface area contributed by atoms with Gasteiger partial charge in [-0.05, 0) is 36.3 Å². The summed E-state index contributed by atoms with van der Waals surface area (Å²) in [4.78, 5) is 4.16. The second-order valence-electron chi connectivity index (χ2n) is 4.78. The number of nitrogens with zero attached hydrogens (tertiary/aromatic N) is 1. The predicted molar refractivity (Wildman–Crippen MR) is 76.2 cm³/mol. The number of nitrogen functional groups attached to an aromatic ring is 1. The zero-order valence-electron chi connectivity index (χ0n) is 10.9. The lowest BCUT2D eigenvalue weighted by molar-refractivity contribution is 0.463. The highest BCUT2D eigenvalue weighted by Crippen LogP contribution is 2.31. The summed E-state index contributed by atoms with van der Waals surface area (Å²) in [5.41, 5.74) is 7.08. The molecule has 2 atom stereocenters. The molecular formula is C13H23N2OS+. The first-order valence-electron chi connectivity index (χ1n) is 6.04. The summed E-state index contributed by atoms with van der Waals surface area (Å²) in [6.45, 7) is 4.42. The van der Waals surface area contributed by atoms with E-state index in [1.165, 1.54) is 0 Å². The van der Waals surface area contributed by atoms with Gasteiger partial charge in [0.1, 0.15) is 29.0 Å². The molecule has 0 aliphatic rings. The maximum absolute atomic E-state index is 9.32. The first-order valence-corrected chi connectivity index (χ1v) is 7.80. The topological polar surface area (TPSA) is 59.1 Å². The second-order valence-corrected chi connectivity index (χ2v) is 6.38. The molecule has 3 nitrogen and oxygen atoms in total. The third-order valence-corrected chi connectivity index (χ3v) is 3.91. The average Bonchev–Trinajstić information content (AvgIpc) is 2.25. The molecule has 1 aromatic heterocycles. The largest absolute Gasteiger partial charge is 0.383 e. The van der Waals surface area contributed by atoms with E-state index in [0.29, 0.717) is 17.7 Å². The van der Waals surface area contributed by atoms with Gasteiger partial charge in [0, 0.05) is 6.20 Å². The second kappa shape index (κ2) is 6.87. The van der Waals surface area contributed by atoms with Crippen LogP contribution < -0.4 is 5.73 Å². The molecule has 0 spiro atoms. The predicted octanol–water partition coefficient (Wildman–Crippen LogP) is 2.90. The Hall–Kier alpha value is -0.740. The van der Waals surface area contributed by atoms with Crippen molar-refractivity contribution in [2.75, 3.05) is 17.7 Å². The van der Waals surface area contributed by atoms with Crippen LogP contribution in [-0.4, -0.2) is 21.5 Å². The number of anilines is 1. The Bertz CT molecular complexity index is 342. The summed E-state index contributed by atoms with van der Waals surface area (Å²) >= 11 is -0.454. The van der Waals surface area contributed by atoms with Crippen molar-refractivity contribution < 1.29 is 4.55 Å². The maximum atomic E-state index is 9.32. The summed E-state index contributed by atoms with van der Waals surface area (Å²) in [6, 6.07) is 4.01. The zero-order chi connectivity index (χ0) is 12.8. The minimum Gasteiger partial charge on any atom is -0.383 e. The molecule has 1 rings (SSSR count). The molecule has 0 aliphatic carbocycles. The molecule has 1 aromatic rings. The number of aromatic nitrogens is 1. The van der Waals surface area contributed by atoms with E-state index in [1.807, 2.05) is 12.3 Å². The smallest absolute Gasteiger partial charge is 0.140 e. The van der Waals surface area contributed by atoms with Gasteiger partial charge in [-0.15, -0.1) is 0 Å². The Kier molecular flexibility index (Phi) is 5.78. The van der Waals surface area contributed by atoms with E-state index in [-0.39, 0.29) is 0 Å². The molecule has 4 heteroatoms. The fourth-order valence-corrected chi connectivity index (χ4v) is 2.69. The minimum absolute atomic E-state index is 0.437. The molecule has 3 N–H and O–H groups in total. The molecule has 0 saturated carbocycles. The summed E-state index contributed by atoms with van der Waals surface area (Å²) in [6.07, 6.45) is 5.69. The van der Waals surface area contributed by atoms with Crippen molar-refractivity contribution >= 4 is 17.0 Å². The summed E-state index contributed by atoms with van der Waals surface area (Å²) < 4.78 is 9.32. The van der Waals surface area contributed by atoms with Gasteiger partial charge in [0.25, 0.3) is 0 Å². The molecule has 17 heavy (non-hydrogen) atoms. The molecule has 1 unspecified atom stereocenters. The van der Waals surface area contributed by atoms with Crippen molar-refractivity contribution in [3.8, 4) is 0 Å². The summed E-state index contributed by atoms with van der Waals surface area (Å²) in [7, 11) is 0. The molecular weight excluding hydrogens is 232 g/mol. The van der Waals surface area contributed by atoms with Gasteiger partial charge in [0.15, 0.2) is 0 Å². The van der Waals surface area contributed by atoms with Crippen molar-refractivity contribution in [1.82, 2.24) is 4.98 Å². The number of hydrogen-bond acceptors (Lipinski definition) is 3. The SMILES string of the molecule is CC(C)[C@H](CCC[S+](C)O)c1cccnc1N. The number of pyridine rings is 1. The van der Waals surface area contributed by atoms with E-state index in [9.17, 15) is 4.55 Å². The highest BCUT2D eigenvalue weighted by molar-refractivity contribution is 7.90. The van der Waals surface area contributed by atoms with Crippen LogP contribution in [0.5, 0.6) is 0 Å². The molecule has 0 aliphatic heterocycles. The van der Waals surface area contributed by atoms with Crippen LogP contribution in [0.2, 0.25) is 0 Å². The third-order valence-electron chi connectivity index (χ3n) is 3.03. The fraction of sp³-hybridized carbons (Fsp3) is 0.615. The fourth-order valence-electron chi connectivity index (χ4n) is 2.10. The minimum atomic E-state index is -0.454. The van der Waals surface area contributed by atoms with E-state index in [0.717, 1.165) is 24.2 Å². The standard InChI is InChI=1S/C13H23N2OS/c1-10(2)11(7-5-9-17(3)16)12-6-4-8-15-13(12)14/h4,6,8,10-11,16H,5,7,9H2,1-3H3,(H2,14,15)/q+1/t11-,17?/m0/s1. The van der Waals surface area contributed by atoms with Crippen molar-refractivity contribution in [3.63, 3.8) is 0 Å². The first-order chi connectivity index (χ1) is 8.02. The average molecular weight is 255 g/mol. The maximum Gasteiger partial charge on any atom is 0.140 e. The monoisotopic (exact) mass is 255 g/mol. The van der Waals surface area contributed by atoms with E-state index in [1.54, 1.807) is 6.20 Å². The van der Waals surface area contributed by atoms with Crippen LogP contribution in [0.3, 0.4) is 0 Å². The van der Waals surface area contributed by atoms with E-state index in [2.05, 4.69) is 24.9 Å². The highest BCUT2D eigenvalue weighted by atomic mass is 32.2. The molecule has 0 saturated heterocycles. The van der Waals surface area contributed by atoms with E-state index in [4.69, 9.17) is 5.73 Å². The van der Waals surface area contributed by atoms with Gasteiger partial charge in [-0.3, -0.25) is 0 Å². The zero-order valence-corrected chi connectivity index (χ0v) is 11.7. The Labute approximate surface area is 107 Å². The lowest BCUT2D eigenvalue weighted by Gasteiger charge is -2.21. The Morgan fingerprint density at radius 1 is 1.47 bits per heavy atom. The number of rotatable bonds is 6. The molecule has 1 heterocycles. The van der Waals surface area contributed by atoms with Crippen molar-refractivity contribution in [1.29, 1.82) is 0 Å². The molecule has 0 aromatic carbocycles. The van der Waals surface area contributed by atoms with Crippen LogP contribution in [0.25, 0.3) is 0 Å². The van der Waals surface area contributed by atoms with Gasteiger partial charge in [0.2, 0.25) is 0 Å². The van der Waals surface area contributed by atoms with Crippen molar-refractivity contribution in [3.05, 3.63) is 23.9 Å². The number of hydrogen-bond donors (Lipinski definition) is 2. The van der Waals surface area contributed by atoms with E-state index >= 15 is 0 Å². The molecule has 0 amide bonds. The van der Waals surface area contributed by atoms with Crippen LogP contribution in [0, 0.1) is 5.92 Å². The van der Waals surface area contributed by atoms with Crippen LogP contribution in [0.1, 0.15) is 38.2 Å². The van der Waals surface area contributed by atoms with Crippen molar-refractivity contribution in [2.24, 2.45) is 5.92 Å². The van der Waals surface area contributed by atoms with Gasteiger partial charge in [0.05, 0.1) is 0 Å². The summed E-state index contributed by atoms with van der Waals surface area (Å²) in [5, 5.41) is 0. The van der Waals surface area contributed by atoms with Gasteiger partial charge in [-0.2, -0.15) is 4.55 Å². The van der Waals surface area contributed by atoms with Crippen LogP contribution in [0.15, 0.2) is 18.3 Å². The first kappa shape index (κ1) is 14.3. The summed E-state index contributed by atoms with van der Waals surface area (Å²) in [5.74, 6) is 2.50. The van der Waals surface area contributed by atoms with E-state index < -0.39 is 11.2 Å². The van der Waals surface area contributed by atoms with Crippen LogP contribution in [-0.2, 0) is 11.2 Å². The van der Waals surface area contributed by atoms with Gasteiger partial charge < -0.3 is 5.73 Å². The quantitative estimate of drug-likeness (QED) is 0.768.